The molecular formula is C16H16FN3O4S. The van der Waals surface area contributed by atoms with Crippen LogP contribution >= 0.6 is 11.8 Å². The summed E-state index contributed by atoms with van der Waals surface area (Å²) in [5.74, 6) is -0.352. The minimum Gasteiger partial charge on any atom is -0.395 e. The Hall–Kier alpha value is -2.39. The fraction of sp³-hybridized carbons (Fsp3) is 0.312. The molecule has 0 unspecified atom stereocenters. The van der Waals surface area contributed by atoms with Crippen molar-refractivity contribution in [2.75, 3.05) is 12.4 Å². The number of aromatic nitrogens is 2. The Bertz CT molecular complexity index is 924. The Labute approximate surface area is 145 Å². The number of rotatable bonds is 4. The zero-order valence-electron chi connectivity index (χ0n) is 13.1. The molecule has 0 bridgehead atoms. The SMILES string of the molecule is O=C(N[C@H]1CCSc2c(F)cccc21)c1cn(CCO)c(=O)[nH]c1=O. The number of aromatic amines is 1. The van der Waals surface area contributed by atoms with E-state index in [2.05, 4.69) is 10.3 Å². The van der Waals surface area contributed by atoms with Gasteiger partial charge in [-0.25, -0.2) is 9.18 Å². The second kappa shape index (κ2) is 7.24. The van der Waals surface area contributed by atoms with E-state index in [-0.39, 0.29) is 24.5 Å². The van der Waals surface area contributed by atoms with E-state index in [1.165, 1.54) is 17.8 Å². The molecule has 2 heterocycles. The van der Waals surface area contributed by atoms with Crippen LogP contribution < -0.4 is 16.6 Å². The van der Waals surface area contributed by atoms with Crippen LogP contribution in [0.25, 0.3) is 0 Å². The number of aliphatic hydroxyl groups excluding tert-OH is 1. The molecule has 0 saturated carbocycles. The molecule has 3 rings (SSSR count). The maximum absolute atomic E-state index is 13.9. The summed E-state index contributed by atoms with van der Waals surface area (Å²) in [6.45, 7) is -0.344. The van der Waals surface area contributed by atoms with Crippen LogP contribution in [0.2, 0.25) is 0 Å². The van der Waals surface area contributed by atoms with Crippen LogP contribution in [0.1, 0.15) is 28.4 Å². The van der Waals surface area contributed by atoms with Gasteiger partial charge in [0.25, 0.3) is 11.5 Å². The molecule has 1 aliphatic heterocycles. The summed E-state index contributed by atoms with van der Waals surface area (Å²) in [7, 11) is 0. The van der Waals surface area contributed by atoms with Crippen LogP contribution in [0.5, 0.6) is 0 Å². The van der Waals surface area contributed by atoms with Gasteiger partial charge in [-0.1, -0.05) is 12.1 Å². The zero-order chi connectivity index (χ0) is 18.0. The number of fused-ring (bicyclic) bond motifs is 1. The molecule has 132 valence electrons. The topological polar surface area (TPSA) is 104 Å². The number of H-pyrrole nitrogens is 1. The van der Waals surface area contributed by atoms with Crippen molar-refractivity contribution < 1.29 is 14.3 Å². The van der Waals surface area contributed by atoms with E-state index in [4.69, 9.17) is 5.11 Å². The third-order valence-corrected chi connectivity index (χ3v) is 5.09. The summed E-state index contributed by atoms with van der Waals surface area (Å²) in [4.78, 5) is 38.6. The van der Waals surface area contributed by atoms with E-state index in [0.717, 1.165) is 10.8 Å². The van der Waals surface area contributed by atoms with Crippen LogP contribution in [0.3, 0.4) is 0 Å². The fourth-order valence-corrected chi connectivity index (χ4v) is 3.86. The average Bonchev–Trinajstić information content (AvgIpc) is 2.58. The molecule has 9 heteroatoms. The molecule has 1 aromatic carbocycles. The molecule has 3 N–H and O–H groups in total. The molecule has 0 radical (unpaired) electrons. The summed E-state index contributed by atoms with van der Waals surface area (Å²) in [6.07, 6.45) is 1.72. The molecule has 0 spiro atoms. The Morgan fingerprint density at radius 1 is 1.44 bits per heavy atom. The number of thioether (sulfide) groups is 1. The zero-order valence-corrected chi connectivity index (χ0v) is 13.9. The highest BCUT2D eigenvalue weighted by Gasteiger charge is 2.25. The molecule has 0 aliphatic carbocycles. The number of aliphatic hydroxyl groups is 1. The van der Waals surface area contributed by atoms with Crippen molar-refractivity contribution in [2.24, 2.45) is 0 Å². The van der Waals surface area contributed by atoms with E-state index in [9.17, 15) is 18.8 Å². The van der Waals surface area contributed by atoms with Gasteiger partial charge in [0.05, 0.1) is 19.2 Å². The van der Waals surface area contributed by atoms with Crippen LogP contribution in [0.15, 0.2) is 38.9 Å². The molecule has 0 saturated heterocycles. The smallest absolute Gasteiger partial charge is 0.328 e. The van der Waals surface area contributed by atoms with Crippen LogP contribution in [-0.2, 0) is 6.54 Å². The highest BCUT2D eigenvalue weighted by atomic mass is 32.2. The second-order valence-electron chi connectivity index (χ2n) is 5.54. The number of carbonyl (C=O) groups excluding carboxylic acids is 1. The lowest BCUT2D eigenvalue weighted by molar-refractivity contribution is 0.0932. The molecule has 1 atom stereocenters. The number of hydrogen-bond acceptors (Lipinski definition) is 5. The highest BCUT2D eigenvalue weighted by molar-refractivity contribution is 7.99. The standard InChI is InChI=1S/C16H16FN3O4S/c17-11-3-1-2-9-12(4-7-25-13(9)11)18-14(22)10-8-20(5-6-21)16(24)19-15(10)23/h1-3,8,12,21H,4-7H2,(H,18,22)(H,19,23,24)/t12-/m0/s1. The van der Waals surface area contributed by atoms with Gasteiger partial charge in [-0.15, -0.1) is 11.8 Å². The number of hydrogen-bond donors (Lipinski definition) is 3. The van der Waals surface area contributed by atoms with E-state index < -0.39 is 23.2 Å². The minimum absolute atomic E-state index is 0.0377. The molecule has 2 aromatic rings. The van der Waals surface area contributed by atoms with Crippen molar-refractivity contribution in [1.82, 2.24) is 14.9 Å². The van der Waals surface area contributed by atoms with Gasteiger partial charge in [0.1, 0.15) is 11.4 Å². The van der Waals surface area contributed by atoms with E-state index >= 15 is 0 Å². The first kappa shape index (κ1) is 17.4. The summed E-state index contributed by atoms with van der Waals surface area (Å²) in [5, 5.41) is 11.7. The van der Waals surface area contributed by atoms with Crippen LogP contribution in [0.4, 0.5) is 4.39 Å². The molecule has 0 fully saturated rings. The van der Waals surface area contributed by atoms with Crippen LogP contribution in [-0.4, -0.2) is 32.9 Å². The summed E-state index contributed by atoms with van der Waals surface area (Å²) < 4.78 is 15.0. The van der Waals surface area contributed by atoms with Gasteiger partial charge in [-0.3, -0.25) is 19.1 Å². The fourth-order valence-electron chi connectivity index (χ4n) is 2.72. The Balaban J connectivity index is 1.90. The molecule has 1 aromatic heterocycles. The van der Waals surface area contributed by atoms with Gasteiger partial charge in [0.2, 0.25) is 0 Å². The molecule has 1 aliphatic rings. The van der Waals surface area contributed by atoms with E-state index in [1.54, 1.807) is 12.1 Å². The van der Waals surface area contributed by atoms with Crippen molar-refractivity contribution in [2.45, 2.75) is 23.9 Å². The van der Waals surface area contributed by atoms with Gasteiger partial charge in [-0.05, 0) is 18.1 Å². The quantitative estimate of drug-likeness (QED) is 0.737. The number of benzene rings is 1. The molecule has 25 heavy (non-hydrogen) atoms. The third-order valence-electron chi connectivity index (χ3n) is 3.93. The van der Waals surface area contributed by atoms with Gasteiger partial charge < -0.3 is 10.4 Å². The number of halogens is 1. The predicted octanol–water partition coefficient (Wildman–Crippen LogP) is 0.635. The normalized spacial score (nSPS) is 16.3. The summed E-state index contributed by atoms with van der Waals surface area (Å²) in [5.41, 5.74) is -1.06. The lowest BCUT2D eigenvalue weighted by atomic mass is 10.0. The van der Waals surface area contributed by atoms with E-state index in [1.807, 2.05) is 0 Å². The van der Waals surface area contributed by atoms with Crippen molar-refractivity contribution in [1.29, 1.82) is 0 Å². The largest absolute Gasteiger partial charge is 0.395 e. The first-order valence-electron chi connectivity index (χ1n) is 7.68. The van der Waals surface area contributed by atoms with Crippen molar-refractivity contribution in [3.63, 3.8) is 0 Å². The number of nitrogens with zero attached hydrogens (tertiary/aromatic N) is 1. The Morgan fingerprint density at radius 3 is 3.00 bits per heavy atom. The number of amides is 1. The number of carbonyl (C=O) groups is 1. The number of nitrogens with one attached hydrogen (secondary N) is 2. The van der Waals surface area contributed by atoms with Gasteiger partial charge in [0, 0.05) is 16.8 Å². The highest BCUT2D eigenvalue weighted by Crippen LogP contribution is 2.37. The van der Waals surface area contributed by atoms with Gasteiger partial charge in [0.15, 0.2) is 0 Å². The molecular weight excluding hydrogens is 349 g/mol. The van der Waals surface area contributed by atoms with Crippen molar-refractivity contribution >= 4 is 17.7 Å². The minimum atomic E-state index is -0.804. The summed E-state index contributed by atoms with van der Waals surface area (Å²) in [6, 6.07) is 4.27. The van der Waals surface area contributed by atoms with Crippen LogP contribution in [0, 0.1) is 5.82 Å². The second-order valence-corrected chi connectivity index (χ2v) is 6.65. The third kappa shape index (κ3) is 3.52. The Kier molecular flexibility index (Phi) is 5.05. The van der Waals surface area contributed by atoms with Crippen molar-refractivity contribution in [3.8, 4) is 0 Å². The first-order valence-corrected chi connectivity index (χ1v) is 8.66. The van der Waals surface area contributed by atoms with Gasteiger partial charge in [-0.2, -0.15) is 0 Å². The first-order chi connectivity index (χ1) is 12.0. The van der Waals surface area contributed by atoms with E-state index in [0.29, 0.717) is 22.6 Å². The predicted molar refractivity (Wildman–Crippen MR) is 90.4 cm³/mol. The summed E-state index contributed by atoms with van der Waals surface area (Å²) >= 11 is 1.39. The lowest BCUT2D eigenvalue weighted by Crippen LogP contribution is -2.39. The molecule has 7 nitrogen and oxygen atoms in total. The lowest BCUT2D eigenvalue weighted by Gasteiger charge is -2.26. The maximum Gasteiger partial charge on any atom is 0.328 e. The maximum atomic E-state index is 13.9. The molecule has 1 amide bonds. The monoisotopic (exact) mass is 365 g/mol. The van der Waals surface area contributed by atoms with Crippen molar-refractivity contribution in [3.05, 3.63) is 62.2 Å². The van der Waals surface area contributed by atoms with Gasteiger partial charge >= 0.3 is 5.69 Å². The Morgan fingerprint density at radius 2 is 2.24 bits per heavy atom. The average molecular weight is 365 g/mol.